The quantitative estimate of drug-likeness (QED) is 0.651. The Morgan fingerprint density at radius 2 is 1.63 bits per heavy atom. The fourth-order valence-corrected chi connectivity index (χ4v) is 3.54. The lowest BCUT2D eigenvalue weighted by molar-refractivity contribution is 0.0743. The summed E-state index contributed by atoms with van der Waals surface area (Å²) in [5, 5.41) is 8.76. The Morgan fingerprint density at radius 3 is 2.27 bits per heavy atom. The molecule has 1 aliphatic heterocycles. The summed E-state index contributed by atoms with van der Waals surface area (Å²) in [5.74, 6) is 1.96. The first-order valence-corrected chi connectivity index (χ1v) is 9.85. The summed E-state index contributed by atoms with van der Waals surface area (Å²) in [6, 6.07) is 19.2. The maximum Gasteiger partial charge on any atom is 0.257 e. The van der Waals surface area contributed by atoms with E-state index in [-0.39, 0.29) is 5.91 Å². The van der Waals surface area contributed by atoms with Gasteiger partial charge >= 0.3 is 0 Å². The summed E-state index contributed by atoms with van der Waals surface area (Å²) < 4.78 is 10.6. The van der Waals surface area contributed by atoms with Gasteiger partial charge in [0.05, 0.1) is 25.5 Å². The van der Waals surface area contributed by atoms with Crippen molar-refractivity contribution in [3.05, 3.63) is 66.2 Å². The van der Waals surface area contributed by atoms with Crippen molar-refractivity contribution >= 4 is 11.7 Å². The molecule has 1 aliphatic rings. The highest BCUT2D eigenvalue weighted by Gasteiger charge is 2.25. The van der Waals surface area contributed by atoms with Crippen LogP contribution in [-0.2, 0) is 0 Å². The lowest BCUT2D eigenvalue weighted by atomic mass is 10.1. The van der Waals surface area contributed by atoms with E-state index in [2.05, 4.69) is 15.1 Å². The van der Waals surface area contributed by atoms with Crippen molar-refractivity contribution in [2.75, 3.05) is 45.3 Å². The number of amides is 1. The molecule has 0 unspecified atom stereocenters. The van der Waals surface area contributed by atoms with Crippen molar-refractivity contribution in [1.82, 2.24) is 15.1 Å². The Labute approximate surface area is 175 Å². The smallest absolute Gasteiger partial charge is 0.257 e. The van der Waals surface area contributed by atoms with Crippen molar-refractivity contribution in [2.24, 2.45) is 0 Å². The van der Waals surface area contributed by atoms with Crippen molar-refractivity contribution in [1.29, 1.82) is 0 Å². The van der Waals surface area contributed by atoms with Crippen LogP contribution < -0.4 is 14.4 Å². The monoisotopic (exact) mass is 404 g/mol. The first kappa shape index (κ1) is 19.7. The van der Waals surface area contributed by atoms with Crippen LogP contribution in [0.2, 0.25) is 0 Å². The zero-order valence-electron chi connectivity index (χ0n) is 17.1. The summed E-state index contributed by atoms with van der Waals surface area (Å²) in [4.78, 5) is 17.0. The molecule has 0 N–H and O–H groups in total. The summed E-state index contributed by atoms with van der Waals surface area (Å²) >= 11 is 0. The number of methoxy groups -OCH3 is 2. The molecule has 1 amide bonds. The Kier molecular flexibility index (Phi) is 5.79. The van der Waals surface area contributed by atoms with Gasteiger partial charge in [-0.3, -0.25) is 4.79 Å². The summed E-state index contributed by atoms with van der Waals surface area (Å²) in [6.45, 7) is 2.61. The van der Waals surface area contributed by atoms with E-state index >= 15 is 0 Å². The molecule has 1 fully saturated rings. The number of ether oxygens (including phenoxy) is 2. The van der Waals surface area contributed by atoms with E-state index in [1.54, 1.807) is 32.4 Å². The van der Waals surface area contributed by atoms with E-state index in [0.29, 0.717) is 43.2 Å². The van der Waals surface area contributed by atoms with Crippen LogP contribution in [0.5, 0.6) is 11.5 Å². The maximum absolute atomic E-state index is 13.0. The predicted molar refractivity (Wildman–Crippen MR) is 115 cm³/mol. The van der Waals surface area contributed by atoms with Gasteiger partial charge in [0.1, 0.15) is 11.5 Å². The Hall–Kier alpha value is -3.61. The van der Waals surface area contributed by atoms with Crippen LogP contribution in [-0.4, -0.2) is 61.4 Å². The first-order valence-electron chi connectivity index (χ1n) is 9.85. The van der Waals surface area contributed by atoms with E-state index in [0.717, 1.165) is 17.1 Å². The number of hydrogen-bond acceptors (Lipinski definition) is 6. The number of nitrogens with zero attached hydrogens (tertiary/aromatic N) is 4. The van der Waals surface area contributed by atoms with Crippen molar-refractivity contribution < 1.29 is 14.3 Å². The fraction of sp³-hybridized carbons (Fsp3) is 0.261. The number of carbonyl (C=O) groups is 1. The van der Waals surface area contributed by atoms with Crippen molar-refractivity contribution in [3.63, 3.8) is 0 Å². The highest BCUT2D eigenvalue weighted by atomic mass is 16.5. The molecule has 2 heterocycles. The zero-order valence-corrected chi connectivity index (χ0v) is 17.1. The molecular weight excluding hydrogens is 380 g/mol. The number of rotatable bonds is 5. The molecule has 0 spiro atoms. The van der Waals surface area contributed by atoms with Gasteiger partial charge in [-0.25, -0.2) is 0 Å². The highest BCUT2D eigenvalue weighted by molar-refractivity contribution is 5.97. The van der Waals surface area contributed by atoms with Gasteiger partial charge in [0.15, 0.2) is 5.82 Å². The van der Waals surface area contributed by atoms with Crippen molar-refractivity contribution in [2.45, 2.75) is 0 Å². The van der Waals surface area contributed by atoms with Crippen LogP contribution in [0, 0.1) is 0 Å². The number of aromatic nitrogens is 2. The molecule has 0 aliphatic carbocycles. The van der Waals surface area contributed by atoms with Gasteiger partial charge in [-0.05, 0) is 24.3 Å². The summed E-state index contributed by atoms with van der Waals surface area (Å²) in [6.07, 6.45) is 0. The van der Waals surface area contributed by atoms with E-state index in [1.807, 2.05) is 47.4 Å². The van der Waals surface area contributed by atoms with Crippen LogP contribution in [0.4, 0.5) is 5.82 Å². The third-order valence-corrected chi connectivity index (χ3v) is 5.25. The van der Waals surface area contributed by atoms with Gasteiger partial charge in [-0.2, -0.15) is 0 Å². The van der Waals surface area contributed by atoms with Gasteiger partial charge in [-0.1, -0.05) is 30.3 Å². The van der Waals surface area contributed by atoms with Crippen LogP contribution in [0.1, 0.15) is 10.4 Å². The van der Waals surface area contributed by atoms with Gasteiger partial charge in [-0.15, -0.1) is 10.2 Å². The van der Waals surface area contributed by atoms with Gasteiger partial charge < -0.3 is 19.3 Å². The Morgan fingerprint density at radius 1 is 0.867 bits per heavy atom. The number of hydrogen-bond donors (Lipinski definition) is 0. The molecule has 7 nitrogen and oxygen atoms in total. The molecule has 154 valence electrons. The number of anilines is 1. The molecule has 2 aromatic carbocycles. The molecular formula is C23H24N4O3. The Balaban J connectivity index is 1.41. The van der Waals surface area contributed by atoms with E-state index in [4.69, 9.17) is 9.47 Å². The third kappa shape index (κ3) is 4.05. The minimum atomic E-state index is -0.0420. The molecule has 0 atom stereocenters. The molecule has 3 aromatic rings. The highest BCUT2D eigenvalue weighted by Crippen LogP contribution is 2.26. The van der Waals surface area contributed by atoms with E-state index in [1.165, 1.54) is 0 Å². The van der Waals surface area contributed by atoms with Gasteiger partial charge in [0.25, 0.3) is 5.91 Å². The topological polar surface area (TPSA) is 67.8 Å². The predicted octanol–water partition coefficient (Wildman–Crippen LogP) is 3.12. The number of piperazine rings is 1. The maximum atomic E-state index is 13.0. The average molecular weight is 404 g/mol. The first-order chi connectivity index (χ1) is 14.7. The molecule has 0 saturated carbocycles. The minimum absolute atomic E-state index is 0.0420. The van der Waals surface area contributed by atoms with Crippen LogP contribution in [0.25, 0.3) is 11.3 Å². The summed E-state index contributed by atoms with van der Waals surface area (Å²) in [7, 11) is 3.14. The number of carbonyl (C=O) groups excluding carboxylic acids is 1. The lowest BCUT2D eigenvalue weighted by Crippen LogP contribution is -2.49. The lowest BCUT2D eigenvalue weighted by Gasteiger charge is -2.35. The van der Waals surface area contributed by atoms with Crippen LogP contribution >= 0.6 is 0 Å². The molecule has 30 heavy (non-hydrogen) atoms. The molecule has 0 bridgehead atoms. The van der Waals surface area contributed by atoms with Crippen LogP contribution in [0.15, 0.2) is 60.7 Å². The SMILES string of the molecule is COc1ccc(C(=O)N2CCN(c3ccc(-c4ccccc4)nn3)CC2)c(OC)c1. The fourth-order valence-electron chi connectivity index (χ4n) is 3.54. The zero-order chi connectivity index (χ0) is 20.9. The summed E-state index contributed by atoms with van der Waals surface area (Å²) in [5.41, 5.74) is 2.43. The normalized spacial score (nSPS) is 13.8. The molecule has 4 rings (SSSR count). The molecule has 7 heteroatoms. The van der Waals surface area contributed by atoms with Gasteiger partial charge in [0.2, 0.25) is 0 Å². The second-order valence-corrected chi connectivity index (χ2v) is 6.99. The second-order valence-electron chi connectivity index (χ2n) is 6.99. The molecule has 1 aromatic heterocycles. The minimum Gasteiger partial charge on any atom is -0.497 e. The largest absolute Gasteiger partial charge is 0.497 e. The molecule has 1 saturated heterocycles. The van der Waals surface area contributed by atoms with Crippen LogP contribution in [0.3, 0.4) is 0 Å². The standard InChI is InChI=1S/C23H24N4O3/c1-29-18-8-9-19(21(16-18)30-2)23(28)27-14-12-26(13-15-27)22-11-10-20(24-25-22)17-6-4-3-5-7-17/h3-11,16H,12-15H2,1-2H3. The average Bonchev–Trinajstić information content (AvgIpc) is 2.84. The molecule has 0 radical (unpaired) electrons. The Bertz CT molecular complexity index is 1000. The van der Waals surface area contributed by atoms with E-state index < -0.39 is 0 Å². The second kappa shape index (κ2) is 8.82. The number of benzene rings is 2. The third-order valence-electron chi connectivity index (χ3n) is 5.25. The van der Waals surface area contributed by atoms with E-state index in [9.17, 15) is 4.79 Å². The van der Waals surface area contributed by atoms with Gasteiger partial charge in [0, 0.05) is 37.8 Å². The van der Waals surface area contributed by atoms with Crippen molar-refractivity contribution in [3.8, 4) is 22.8 Å².